The third-order valence-electron chi connectivity index (χ3n) is 12.1. The van der Waals surface area contributed by atoms with Gasteiger partial charge in [-0.3, -0.25) is 0 Å². The first-order valence-electron chi connectivity index (χ1n) is 22.3. The highest BCUT2D eigenvalue weighted by molar-refractivity contribution is 5.79. The number of rotatable bonds is 13. The molecule has 3 heteroatoms. The summed E-state index contributed by atoms with van der Waals surface area (Å²) in [6.45, 7) is 10.7. The first-order chi connectivity index (χ1) is 31.2. The van der Waals surface area contributed by atoms with Crippen LogP contribution in [0.1, 0.15) is 50.1 Å². The first-order valence-corrected chi connectivity index (χ1v) is 22.3. The minimum Gasteiger partial charge on any atom is -0.311 e. The van der Waals surface area contributed by atoms with Crippen molar-refractivity contribution >= 4 is 51.2 Å². The van der Waals surface area contributed by atoms with Crippen molar-refractivity contribution in [3.63, 3.8) is 0 Å². The van der Waals surface area contributed by atoms with Gasteiger partial charge in [0.2, 0.25) is 0 Å². The summed E-state index contributed by atoms with van der Waals surface area (Å²) >= 11 is 0. The van der Waals surface area contributed by atoms with Gasteiger partial charge >= 0.3 is 0 Å². The molecule has 0 unspecified atom stereocenters. The Bertz CT molecular complexity index is 2620. The summed E-state index contributed by atoms with van der Waals surface area (Å²) < 4.78 is 0. The quantitative estimate of drug-likeness (QED) is 0.115. The van der Waals surface area contributed by atoms with Gasteiger partial charge < -0.3 is 14.7 Å². The normalized spacial score (nSPS) is 11.0. The van der Waals surface area contributed by atoms with Crippen LogP contribution in [-0.4, -0.2) is 0 Å². The summed E-state index contributed by atoms with van der Waals surface area (Å²) in [5, 5.41) is 0. The van der Waals surface area contributed by atoms with Gasteiger partial charge in [0.15, 0.2) is 0 Å². The Morgan fingerprint density at radius 2 is 0.312 bits per heavy atom. The third-order valence-corrected chi connectivity index (χ3v) is 12.1. The Morgan fingerprint density at radius 3 is 0.453 bits per heavy atom. The second kappa shape index (κ2) is 18.8. The van der Waals surface area contributed by atoms with Crippen molar-refractivity contribution in [2.45, 2.75) is 47.5 Å². The molecule has 0 heterocycles. The fourth-order valence-electron chi connectivity index (χ4n) is 8.33. The van der Waals surface area contributed by atoms with Gasteiger partial charge in [-0.15, -0.1) is 0 Å². The van der Waals surface area contributed by atoms with E-state index in [2.05, 4.69) is 268 Å². The van der Waals surface area contributed by atoms with Crippen molar-refractivity contribution in [3.05, 3.63) is 268 Å². The van der Waals surface area contributed by atoms with Gasteiger partial charge in [0.05, 0.1) is 0 Å². The molecule has 0 saturated carbocycles. The van der Waals surface area contributed by atoms with E-state index in [0.29, 0.717) is 0 Å². The molecule has 0 N–H and O–H groups in total. The average Bonchev–Trinajstić information content (AvgIpc) is 3.32. The van der Waals surface area contributed by atoms with E-state index < -0.39 is 0 Å². The molecule has 0 radical (unpaired) electrons. The monoisotopic (exact) mass is 829 g/mol. The fraction of sp³-hybridized carbons (Fsp3) is 0.115. The van der Waals surface area contributed by atoms with Crippen molar-refractivity contribution in [1.82, 2.24) is 0 Å². The maximum absolute atomic E-state index is 2.35. The molecule has 0 atom stereocenters. The minimum atomic E-state index is 0.853. The maximum atomic E-state index is 2.35. The van der Waals surface area contributed by atoms with Gasteiger partial charge in [0.25, 0.3) is 0 Å². The lowest BCUT2D eigenvalue weighted by Gasteiger charge is -2.26. The molecule has 314 valence electrons. The van der Waals surface area contributed by atoms with Crippen molar-refractivity contribution in [1.29, 1.82) is 0 Å². The van der Waals surface area contributed by atoms with E-state index in [4.69, 9.17) is 0 Å². The molecule has 9 rings (SSSR count). The Kier molecular flexibility index (Phi) is 12.2. The molecule has 9 aromatic carbocycles. The van der Waals surface area contributed by atoms with E-state index in [9.17, 15) is 0 Å². The van der Waals surface area contributed by atoms with Gasteiger partial charge in [-0.1, -0.05) is 137 Å². The highest BCUT2D eigenvalue weighted by Gasteiger charge is 2.16. The molecule has 64 heavy (non-hydrogen) atoms. The van der Waals surface area contributed by atoms with Crippen LogP contribution in [0.15, 0.2) is 218 Å². The number of anilines is 9. The average molecular weight is 830 g/mol. The predicted octanol–water partition coefficient (Wildman–Crippen LogP) is 16.8. The van der Waals surface area contributed by atoms with Crippen LogP contribution in [-0.2, 0) is 12.8 Å². The van der Waals surface area contributed by atoms with Gasteiger partial charge in [0, 0.05) is 51.2 Å². The number of benzene rings is 9. The second-order valence-corrected chi connectivity index (χ2v) is 17.2. The number of hydrogen-bond acceptors (Lipinski definition) is 3. The molecule has 0 aromatic heterocycles. The molecule has 9 aromatic rings. The lowest BCUT2D eigenvalue weighted by Crippen LogP contribution is -2.10. The molecule has 0 fully saturated rings. The predicted molar refractivity (Wildman–Crippen MR) is 273 cm³/mol. The zero-order chi connectivity index (χ0) is 44.0. The zero-order valence-corrected chi connectivity index (χ0v) is 37.5. The molecular weight excluding hydrogens is 775 g/mol. The summed E-state index contributed by atoms with van der Waals surface area (Å²) in [6.07, 6.45) is 1.71. The highest BCUT2D eigenvalue weighted by atomic mass is 15.2. The number of aryl methyl sites for hydroxylation is 5. The van der Waals surface area contributed by atoms with Crippen LogP contribution < -0.4 is 14.7 Å². The van der Waals surface area contributed by atoms with E-state index in [1.54, 1.807) is 0 Å². The van der Waals surface area contributed by atoms with Crippen molar-refractivity contribution in [2.24, 2.45) is 0 Å². The smallest absolute Gasteiger partial charge is 0.0461 e. The SMILES string of the molecule is Cc1ccc(N(c2ccc(C)cc2)c2ccc(Cc3ccc(N(c4ccc(C)cc4)c4ccc(Cc5ccc(N(c6ccc(C)cc6)c6ccc(C)cc6)cc5)cc4)cc3)cc2)cc1. The summed E-state index contributed by atoms with van der Waals surface area (Å²) in [5.74, 6) is 0. The molecule has 0 aliphatic carbocycles. The van der Waals surface area contributed by atoms with E-state index in [-0.39, 0.29) is 0 Å². The van der Waals surface area contributed by atoms with E-state index in [1.165, 1.54) is 50.1 Å². The Labute approximate surface area is 380 Å². The highest BCUT2D eigenvalue weighted by Crippen LogP contribution is 2.38. The molecule has 0 aliphatic heterocycles. The van der Waals surface area contributed by atoms with Crippen LogP contribution in [0.5, 0.6) is 0 Å². The first kappa shape index (κ1) is 41.7. The van der Waals surface area contributed by atoms with Crippen molar-refractivity contribution in [3.8, 4) is 0 Å². The van der Waals surface area contributed by atoms with E-state index in [1.807, 2.05) is 0 Å². The number of nitrogens with zero attached hydrogens (tertiary/aromatic N) is 3. The van der Waals surface area contributed by atoms with Crippen molar-refractivity contribution < 1.29 is 0 Å². The van der Waals surface area contributed by atoms with Crippen molar-refractivity contribution in [2.75, 3.05) is 14.7 Å². The Balaban J connectivity index is 0.917. The van der Waals surface area contributed by atoms with Crippen LogP contribution in [0, 0.1) is 34.6 Å². The largest absolute Gasteiger partial charge is 0.311 e. The van der Waals surface area contributed by atoms with Gasteiger partial charge in [0.1, 0.15) is 0 Å². The zero-order valence-electron chi connectivity index (χ0n) is 37.5. The van der Waals surface area contributed by atoms with Crippen LogP contribution in [0.25, 0.3) is 0 Å². The van der Waals surface area contributed by atoms with Gasteiger partial charge in [-0.2, -0.15) is 0 Å². The molecule has 0 saturated heterocycles. The van der Waals surface area contributed by atoms with E-state index >= 15 is 0 Å². The molecule has 0 spiro atoms. The Hall–Kier alpha value is -7.62. The lowest BCUT2D eigenvalue weighted by atomic mass is 10.0. The van der Waals surface area contributed by atoms with Crippen LogP contribution in [0.3, 0.4) is 0 Å². The maximum Gasteiger partial charge on any atom is 0.0461 e. The standard InChI is InChI=1S/C61H55N3/c1-44-6-24-53(25-7-44)62(54-26-8-45(2)9-27-54)58-34-16-49(17-35-58)42-51-20-38-60(39-21-51)64(57-32-14-48(5)15-33-57)61-40-22-52(23-41-61)43-50-18-36-59(37-19-50)63(55-28-10-46(3)11-29-55)56-30-12-47(4)13-31-56/h6-41H,42-43H2,1-5H3. The third kappa shape index (κ3) is 9.70. The van der Waals surface area contributed by atoms with Gasteiger partial charge in [-0.05, 0) is 179 Å². The minimum absolute atomic E-state index is 0.853. The molecule has 0 amide bonds. The second-order valence-electron chi connectivity index (χ2n) is 17.2. The fourth-order valence-corrected chi connectivity index (χ4v) is 8.33. The van der Waals surface area contributed by atoms with E-state index in [0.717, 1.165) is 64.0 Å². The molecule has 3 nitrogen and oxygen atoms in total. The molecular formula is C61H55N3. The Morgan fingerprint density at radius 1 is 0.188 bits per heavy atom. The summed E-state index contributed by atoms with van der Waals surface area (Å²) in [7, 11) is 0. The summed E-state index contributed by atoms with van der Waals surface area (Å²) in [6, 6.07) is 80.0. The summed E-state index contributed by atoms with van der Waals surface area (Å²) in [5.41, 5.74) is 21.6. The van der Waals surface area contributed by atoms with Crippen LogP contribution in [0.2, 0.25) is 0 Å². The molecule has 0 aliphatic rings. The van der Waals surface area contributed by atoms with Crippen LogP contribution >= 0.6 is 0 Å². The van der Waals surface area contributed by atoms with Crippen LogP contribution in [0.4, 0.5) is 51.2 Å². The van der Waals surface area contributed by atoms with Gasteiger partial charge in [-0.25, -0.2) is 0 Å². The molecule has 0 bridgehead atoms. The summed E-state index contributed by atoms with van der Waals surface area (Å²) in [4.78, 5) is 7.01. The number of hydrogen-bond donors (Lipinski definition) is 0. The topological polar surface area (TPSA) is 9.72 Å². The lowest BCUT2D eigenvalue weighted by molar-refractivity contribution is 1.17.